The van der Waals surface area contributed by atoms with Crippen molar-refractivity contribution < 1.29 is 14.3 Å². The number of nitrogen functional groups attached to an aromatic ring is 1. The molecule has 0 aliphatic carbocycles. The summed E-state index contributed by atoms with van der Waals surface area (Å²) in [6, 6.07) is 14.6. The number of carbonyl (C=O) groups is 2. The number of aryl methyl sites for hydroxylation is 1. The third-order valence-electron chi connectivity index (χ3n) is 5.40. The smallest absolute Gasteiger partial charge is 0.337 e. The van der Waals surface area contributed by atoms with Crippen LogP contribution in [0.2, 0.25) is 0 Å². The van der Waals surface area contributed by atoms with Crippen molar-refractivity contribution in [1.29, 1.82) is 0 Å². The number of rotatable bonds is 5. The summed E-state index contributed by atoms with van der Waals surface area (Å²) < 4.78 is 6.76. The maximum absolute atomic E-state index is 11.9. The Kier molecular flexibility index (Phi) is 5.66. The number of nitrogens with zero attached hydrogens (tertiary/aromatic N) is 3. The van der Waals surface area contributed by atoms with E-state index in [1.165, 1.54) is 13.4 Å². The summed E-state index contributed by atoms with van der Waals surface area (Å²) in [7, 11) is 3.26. The summed E-state index contributed by atoms with van der Waals surface area (Å²) in [5, 5.41) is 3.53. The maximum Gasteiger partial charge on any atom is 0.337 e. The van der Waals surface area contributed by atoms with Crippen LogP contribution in [0.25, 0.3) is 33.4 Å². The second kappa shape index (κ2) is 8.58. The van der Waals surface area contributed by atoms with Gasteiger partial charge in [-0.2, -0.15) is 0 Å². The highest BCUT2D eigenvalue weighted by molar-refractivity contribution is 6.08. The molecule has 0 aliphatic rings. The van der Waals surface area contributed by atoms with Gasteiger partial charge in [-0.1, -0.05) is 30.8 Å². The second-order valence-corrected chi connectivity index (χ2v) is 7.62. The van der Waals surface area contributed by atoms with Crippen LogP contribution in [0.5, 0.6) is 0 Å². The lowest BCUT2D eigenvalue weighted by Gasteiger charge is -2.11. The first-order chi connectivity index (χ1) is 15.8. The quantitative estimate of drug-likeness (QED) is 0.355. The van der Waals surface area contributed by atoms with Gasteiger partial charge in [0.1, 0.15) is 17.8 Å². The number of benzene rings is 2. The van der Waals surface area contributed by atoms with E-state index in [0.29, 0.717) is 28.3 Å². The number of hydrogen-bond donors (Lipinski definition) is 2. The molecule has 0 saturated carbocycles. The first kappa shape index (κ1) is 21.8. The highest BCUT2D eigenvalue weighted by atomic mass is 16.5. The van der Waals surface area contributed by atoms with Crippen molar-refractivity contribution in [2.24, 2.45) is 7.05 Å². The van der Waals surface area contributed by atoms with Gasteiger partial charge in [0.2, 0.25) is 0 Å². The van der Waals surface area contributed by atoms with Gasteiger partial charge < -0.3 is 20.4 Å². The van der Waals surface area contributed by atoms with Crippen LogP contribution < -0.4 is 11.1 Å². The Morgan fingerprint density at radius 3 is 2.27 bits per heavy atom. The zero-order valence-electron chi connectivity index (χ0n) is 18.5. The second-order valence-electron chi connectivity index (χ2n) is 7.62. The summed E-state index contributed by atoms with van der Waals surface area (Å²) in [6.45, 7) is 5.31. The fourth-order valence-corrected chi connectivity index (χ4v) is 3.73. The number of esters is 1. The zero-order valence-corrected chi connectivity index (χ0v) is 18.5. The van der Waals surface area contributed by atoms with Crippen LogP contribution >= 0.6 is 0 Å². The number of fused-ring (bicyclic) bond motifs is 1. The molecule has 8 heteroatoms. The van der Waals surface area contributed by atoms with Crippen molar-refractivity contribution in [2.45, 2.75) is 6.92 Å². The molecule has 2 heterocycles. The molecule has 1 amide bonds. The lowest BCUT2D eigenvalue weighted by Crippen LogP contribution is -2.11. The first-order valence-corrected chi connectivity index (χ1v) is 10.2. The lowest BCUT2D eigenvalue weighted by molar-refractivity contribution is -0.112. The highest BCUT2D eigenvalue weighted by Crippen LogP contribution is 2.41. The molecule has 0 bridgehead atoms. The molecule has 0 spiro atoms. The maximum atomic E-state index is 11.9. The van der Waals surface area contributed by atoms with Gasteiger partial charge in [0, 0.05) is 23.9 Å². The largest absolute Gasteiger partial charge is 0.465 e. The average molecular weight is 441 g/mol. The molecule has 0 radical (unpaired) electrons. The molecule has 0 fully saturated rings. The molecule has 0 aliphatic heterocycles. The number of hydrogen-bond acceptors (Lipinski definition) is 6. The lowest BCUT2D eigenvalue weighted by atomic mass is 9.97. The minimum absolute atomic E-state index is 0.234. The molecule has 4 aromatic rings. The van der Waals surface area contributed by atoms with Gasteiger partial charge in [-0.15, -0.1) is 0 Å². The number of nitrogens with two attached hydrogens (primary N) is 1. The Hall–Kier alpha value is -4.46. The zero-order chi connectivity index (χ0) is 23.7. The predicted octanol–water partition coefficient (Wildman–Crippen LogP) is 4.19. The van der Waals surface area contributed by atoms with E-state index in [4.69, 9.17) is 10.5 Å². The SMILES string of the molecule is C=C(C)C(=O)Nc1ccc(-c2c(-c3ccc(C(=O)OC)cc3)c3c(N)ncnc3n2C)cc1. The van der Waals surface area contributed by atoms with Crippen molar-refractivity contribution in [3.63, 3.8) is 0 Å². The Balaban J connectivity index is 1.88. The van der Waals surface area contributed by atoms with Crippen LogP contribution in [-0.4, -0.2) is 33.5 Å². The number of carbonyl (C=O) groups excluding carboxylic acids is 2. The van der Waals surface area contributed by atoms with Crippen LogP contribution in [0, 0.1) is 0 Å². The number of nitrogens with one attached hydrogen (secondary N) is 1. The molecule has 3 N–H and O–H groups in total. The fourth-order valence-electron chi connectivity index (χ4n) is 3.73. The third kappa shape index (κ3) is 3.94. The summed E-state index contributed by atoms with van der Waals surface area (Å²) in [5.41, 5.74) is 12.0. The Labute approximate surface area is 190 Å². The van der Waals surface area contributed by atoms with Crippen LogP contribution in [0.1, 0.15) is 17.3 Å². The van der Waals surface area contributed by atoms with Gasteiger partial charge in [-0.25, -0.2) is 14.8 Å². The Morgan fingerprint density at radius 2 is 1.67 bits per heavy atom. The monoisotopic (exact) mass is 441 g/mol. The summed E-state index contributed by atoms with van der Waals surface area (Å²) in [5.74, 6) is -0.282. The van der Waals surface area contributed by atoms with Crippen molar-refractivity contribution in [2.75, 3.05) is 18.2 Å². The van der Waals surface area contributed by atoms with Crippen molar-refractivity contribution in [3.8, 4) is 22.4 Å². The minimum Gasteiger partial charge on any atom is -0.465 e. The molecule has 0 unspecified atom stereocenters. The standard InChI is InChI=1S/C25H23N5O3/c1-14(2)24(31)29-18-11-9-16(10-12-18)21-19(15-5-7-17(8-6-15)25(32)33-4)20-22(26)27-13-28-23(20)30(21)3/h5-13H,1H2,2-4H3,(H,29,31)(H2,26,27,28). The third-order valence-corrected chi connectivity index (χ3v) is 5.40. The number of methoxy groups -OCH3 is 1. The van der Waals surface area contributed by atoms with Gasteiger partial charge in [0.05, 0.1) is 23.8 Å². The Morgan fingerprint density at radius 1 is 1.03 bits per heavy atom. The topological polar surface area (TPSA) is 112 Å². The summed E-state index contributed by atoms with van der Waals surface area (Å²) >= 11 is 0. The van der Waals surface area contributed by atoms with E-state index in [-0.39, 0.29) is 5.91 Å². The number of anilines is 2. The molecule has 33 heavy (non-hydrogen) atoms. The molecule has 8 nitrogen and oxygen atoms in total. The molecule has 0 atom stereocenters. The molecule has 166 valence electrons. The molecule has 4 rings (SSSR count). The van der Waals surface area contributed by atoms with E-state index in [0.717, 1.165) is 27.8 Å². The van der Waals surface area contributed by atoms with Gasteiger partial charge in [0.25, 0.3) is 5.91 Å². The predicted molar refractivity (Wildman–Crippen MR) is 129 cm³/mol. The Bertz CT molecular complexity index is 1390. The van der Waals surface area contributed by atoms with Crippen LogP contribution in [-0.2, 0) is 16.6 Å². The van der Waals surface area contributed by atoms with E-state index in [1.807, 2.05) is 48.0 Å². The first-order valence-electron chi connectivity index (χ1n) is 10.2. The van der Waals surface area contributed by atoms with Gasteiger partial charge in [-0.05, 0) is 42.3 Å². The molecule has 2 aromatic heterocycles. The van der Waals surface area contributed by atoms with Gasteiger partial charge >= 0.3 is 5.97 Å². The van der Waals surface area contributed by atoms with Gasteiger partial charge in [-0.3, -0.25) is 4.79 Å². The molecule has 2 aromatic carbocycles. The van der Waals surface area contributed by atoms with Crippen LogP contribution in [0.15, 0.2) is 67.0 Å². The van der Waals surface area contributed by atoms with E-state index >= 15 is 0 Å². The summed E-state index contributed by atoms with van der Waals surface area (Å²) in [4.78, 5) is 32.4. The van der Waals surface area contributed by atoms with Crippen molar-refractivity contribution in [1.82, 2.24) is 14.5 Å². The number of ether oxygens (including phenoxy) is 1. The van der Waals surface area contributed by atoms with Crippen molar-refractivity contribution in [3.05, 3.63) is 72.6 Å². The number of aromatic nitrogens is 3. The molecule has 0 saturated heterocycles. The van der Waals surface area contributed by atoms with Crippen LogP contribution in [0.3, 0.4) is 0 Å². The van der Waals surface area contributed by atoms with E-state index < -0.39 is 5.97 Å². The highest BCUT2D eigenvalue weighted by Gasteiger charge is 2.22. The van der Waals surface area contributed by atoms with E-state index in [2.05, 4.69) is 21.9 Å². The van der Waals surface area contributed by atoms with Crippen LogP contribution in [0.4, 0.5) is 11.5 Å². The fraction of sp³-hybridized carbons (Fsp3) is 0.120. The van der Waals surface area contributed by atoms with Crippen molar-refractivity contribution >= 4 is 34.4 Å². The molecular weight excluding hydrogens is 418 g/mol. The summed E-state index contributed by atoms with van der Waals surface area (Å²) in [6.07, 6.45) is 1.43. The molecular formula is C25H23N5O3. The van der Waals surface area contributed by atoms with E-state index in [9.17, 15) is 9.59 Å². The normalized spacial score (nSPS) is 10.8. The van der Waals surface area contributed by atoms with Gasteiger partial charge in [0.15, 0.2) is 0 Å². The number of amides is 1. The average Bonchev–Trinajstić information content (AvgIpc) is 3.12. The minimum atomic E-state index is -0.407. The van der Waals surface area contributed by atoms with E-state index in [1.54, 1.807) is 19.1 Å².